The molecular formula is HF2NO4S2. The predicted molar refractivity (Wildman–Crippen MR) is 23.2 cm³/mol. The summed E-state index contributed by atoms with van der Waals surface area (Å²) in [7, 11) is -11.0. The molecule has 0 aromatic rings. The molecule has 0 aliphatic rings. The molecule has 0 amide bonds. The third-order valence-electron chi connectivity index (χ3n) is 0.199. The third-order valence-corrected chi connectivity index (χ3v) is 1.79. The molecule has 0 aliphatic carbocycles. The maximum absolute atomic E-state index is 11.1. The minimum Gasteiger partial charge on any atom is -0.176 e. The Morgan fingerprint density at radius 3 is 1.11 bits per heavy atom. The Morgan fingerprint density at radius 1 is 0.889 bits per heavy atom. The lowest BCUT2D eigenvalue weighted by Gasteiger charge is -1.87. The topological polar surface area (TPSA) is 80.3 Å². The van der Waals surface area contributed by atoms with E-state index in [-0.39, 0.29) is 4.13 Å². The zero-order valence-corrected chi connectivity index (χ0v) is 5.34. The average molecular weight is 181 g/mol. The van der Waals surface area contributed by atoms with Gasteiger partial charge in [-0.05, 0) is 0 Å². The highest BCUT2D eigenvalue weighted by Gasteiger charge is 2.17. The molecule has 0 aromatic carbocycles. The number of rotatable bonds is 2. The van der Waals surface area contributed by atoms with Gasteiger partial charge in [0.15, 0.2) is 0 Å². The molecule has 0 bridgehead atoms. The minimum absolute atomic E-state index is 0.0694. The standard InChI is InChI=1S/F2HNO4S2/c1-8(4,5)3-9(2,6)7/h3H. The summed E-state index contributed by atoms with van der Waals surface area (Å²) in [4.78, 5) is 0. The molecule has 0 radical (unpaired) electrons. The van der Waals surface area contributed by atoms with Gasteiger partial charge in [0.1, 0.15) is 0 Å². The molecule has 56 valence electrons. The highest BCUT2D eigenvalue weighted by molar-refractivity contribution is 7.99. The van der Waals surface area contributed by atoms with Crippen molar-refractivity contribution in [3.05, 3.63) is 0 Å². The Bertz CT molecular complexity index is 242. The molecule has 0 rings (SSSR count). The Morgan fingerprint density at radius 2 is 1.11 bits per heavy atom. The Kier molecular flexibility index (Phi) is 2.09. The highest BCUT2D eigenvalue weighted by atomic mass is 32.3. The van der Waals surface area contributed by atoms with Gasteiger partial charge in [0.2, 0.25) is 0 Å². The molecule has 0 saturated heterocycles. The first-order chi connectivity index (χ1) is 3.71. The molecule has 5 nitrogen and oxygen atoms in total. The minimum atomic E-state index is -5.49. The van der Waals surface area contributed by atoms with Crippen molar-refractivity contribution in [2.24, 2.45) is 0 Å². The Hall–Kier alpha value is -0.280. The van der Waals surface area contributed by atoms with Crippen LogP contribution in [0.15, 0.2) is 0 Å². The van der Waals surface area contributed by atoms with E-state index in [1.165, 1.54) is 0 Å². The fraction of sp³-hybridized carbons (Fsp3) is 0. The van der Waals surface area contributed by atoms with Crippen LogP contribution in [0.5, 0.6) is 0 Å². The first-order valence-electron chi connectivity index (χ1n) is 1.38. The number of hydrogen-bond acceptors (Lipinski definition) is 4. The molecule has 0 atom stereocenters. The van der Waals surface area contributed by atoms with Crippen molar-refractivity contribution >= 4 is 20.8 Å². The van der Waals surface area contributed by atoms with Crippen LogP contribution < -0.4 is 4.13 Å². The van der Waals surface area contributed by atoms with Gasteiger partial charge in [0, 0.05) is 0 Å². The van der Waals surface area contributed by atoms with Gasteiger partial charge in [-0.25, -0.2) is 0 Å². The second kappa shape index (κ2) is 2.15. The van der Waals surface area contributed by atoms with Crippen molar-refractivity contribution in [1.82, 2.24) is 4.13 Å². The van der Waals surface area contributed by atoms with Crippen molar-refractivity contribution in [2.75, 3.05) is 0 Å². The summed E-state index contributed by atoms with van der Waals surface area (Å²) in [6.45, 7) is 0. The van der Waals surface area contributed by atoms with Gasteiger partial charge in [-0.2, -0.15) is 16.8 Å². The summed E-state index contributed by atoms with van der Waals surface area (Å²) in [5, 5.41) is 0. The fourth-order valence-electron chi connectivity index (χ4n) is 0.119. The molecule has 0 heterocycles. The molecular weight excluding hydrogens is 180 g/mol. The summed E-state index contributed by atoms with van der Waals surface area (Å²) >= 11 is 0. The molecule has 0 aromatic heterocycles. The summed E-state index contributed by atoms with van der Waals surface area (Å²) < 4.78 is 59.3. The van der Waals surface area contributed by atoms with Crippen LogP contribution in [-0.2, 0) is 20.8 Å². The molecule has 0 saturated carbocycles. The summed E-state index contributed by atoms with van der Waals surface area (Å²) in [5.41, 5.74) is 0. The quantitative estimate of drug-likeness (QED) is 0.554. The summed E-state index contributed by atoms with van der Waals surface area (Å²) in [6.07, 6.45) is 0. The smallest absolute Gasteiger partial charge is 0.176 e. The number of hydrogen-bond donors (Lipinski definition) is 1. The van der Waals surface area contributed by atoms with E-state index in [4.69, 9.17) is 0 Å². The van der Waals surface area contributed by atoms with E-state index in [9.17, 15) is 24.6 Å². The maximum atomic E-state index is 11.1. The van der Waals surface area contributed by atoms with Crippen LogP contribution in [0.3, 0.4) is 0 Å². The van der Waals surface area contributed by atoms with Crippen LogP contribution in [-0.4, -0.2) is 16.8 Å². The molecule has 0 aliphatic heterocycles. The SMILES string of the molecule is O=S(=O)(F)NS(=O)(=O)F. The van der Waals surface area contributed by atoms with E-state index in [1.54, 1.807) is 0 Å². The van der Waals surface area contributed by atoms with E-state index in [1.807, 2.05) is 0 Å². The average Bonchev–Trinajstić information content (AvgIpc) is 1.14. The molecule has 0 spiro atoms. The molecule has 9 heteroatoms. The van der Waals surface area contributed by atoms with Crippen molar-refractivity contribution in [3.8, 4) is 0 Å². The van der Waals surface area contributed by atoms with Gasteiger partial charge < -0.3 is 0 Å². The van der Waals surface area contributed by atoms with Crippen molar-refractivity contribution in [1.29, 1.82) is 0 Å². The Labute approximate surface area is 50.4 Å². The summed E-state index contributed by atoms with van der Waals surface area (Å²) in [6, 6.07) is 0. The Balaban J connectivity index is 4.46. The van der Waals surface area contributed by atoms with Crippen molar-refractivity contribution in [2.45, 2.75) is 0 Å². The molecule has 0 fully saturated rings. The zero-order chi connectivity index (χ0) is 7.71. The van der Waals surface area contributed by atoms with E-state index >= 15 is 0 Å². The predicted octanol–water partition coefficient (Wildman–Crippen LogP) is -0.995. The van der Waals surface area contributed by atoms with E-state index < -0.39 is 20.8 Å². The molecule has 1 N–H and O–H groups in total. The number of halogens is 2. The first-order valence-corrected chi connectivity index (χ1v) is 4.15. The van der Waals surface area contributed by atoms with Crippen LogP contribution in [0.25, 0.3) is 0 Å². The second-order valence-electron chi connectivity index (χ2n) is 0.959. The second-order valence-corrected chi connectivity index (χ2v) is 3.38. The van der Waals surface area contributed by atoms with Gasteiger partial charge in [-0.3, -0.25) is 0 Å². The highest BCUT2D eigenvalue weighted by Crippen LogP contribution is 1.90. The third kappa shape index (κ3) is 7.72. The lowest BCUT2D eigenvalue weighted by molar-refractivity contribution is 0.527. The first kappa shape index (κ1) is 8.72. The monoisotopic (exact) mass is 181 g/mol. The van der Waals surface area contributed by atoms with Crippen LogP contribution in [0.2, 0.25) is 0 Å². The van der Waals surface area contributed by atoms with Crippen LogP contribution in [0, 0.1) is 0 Å². The van der Waals surface area contributed by atoms with Gasteiger partial charge >= 0.3 is 20.8 Å². The van der Waals surface area contributed by atoms with E-state index in [0.29, 0.717) is 0 Å². The molecule has 0 unspecified atom stereocenters. The van der Waals surface area contributed by atoms with Gasteiger partial charge in [-0.15, -0.1) is 0 Å². The van der Waals surface area contributed by atoms with E-state index in [2.05, 4.69) is 0 Å². The molecule has 9 heavy (non-hydrogen) atoms. The van der Waals surface area contributed by atoms with Gasteiger partial charge in [-0.1, -0.05) is 11.9 Å². The zero-order valence-electron chi connectivity index (χ0n) is 3.71. The fourth-order valence-corrected chi connectivity index (χ4v) is 1.07. The van der Waals surface area contributed by atoms with Crippen LogP contribution >= 0.6 is 0 Å². The van der Waals surface area contributed by atoms with Crippen LogP contribution in [0.1, 0.15) is 0 Å². The normalized spacial score (nSPS) is 13.6. The lowest BCUT2D eigenvalue weighted by Crippen LogP contribution is -2.23. The van der Waals surface area contributed by atoms with Crippen molar-refractivity contribution < 1.29 is 24.6 Å². The lowest BCUT2D eigenvalue weighted by atomic mass is 13.9. The largest absolute Gasteiger partial charge is 0.387 e. The summed E-state index contributed by atoms with van der Waals surface area (Å²) in [5.74, 6) is 0. The van der Waals surface area contributed by atoms with E-state index in [0.717, 1.165) is 0 Å². The van der Waals surface area contributed by atoms with Gasteiger partial charge in [0.05, 0.1) is 0 Å². The maximum Gasteiger partial charge on any atom is 0.387 e. The van der Waals surface area contributed by atoms with Gasteiger partial charge in [0.25, 0.3) is 0 Å². The number of nitrogens with one attached hydrogen (secondary N) is 1. The van der Waals surface area contributed by atoms with Crippen LogP contribution in [0.4, 0.5) is 7.77 Å². The van der Waals surface area contributed by atoms with Crippen molar-refractivity contribution in [3.63, 3.8) is 0 Å².